The van der Waals surface area contributed by atoms with Crippen molar-refractivity contribution in [1.82, 2.24) is 4.98 Å². The van der Waals surface area contributed by atoms with Gasteiger partial charge in [-0.1, -0.05) is 11.6 Å². The number of nitrogens with zero attached hydrogens (tertiary/aromatic N) is 1. The number of rotatable bonds is 7. The van der Waals surface area contributed by atoms with Crippen molar-refractivity contribution < 1.29 is 18.7 Å². The third kappa shape index (κ3) is 4.66. The summed E-state index contributed by atoms with van der Waals surface area (Å²) in [6.45, 7) is 1.65. The number of hydrogen-bond donors (Lipinski definition) is 1. The van der Waals surface area contributed by atoms with Crippen molar-refractivity contribution in [3.63, 3.8) is 0 Å². The molecule has 7 heteroatoms. The third-order valence-electron chi connectivity index (χ3n) is 4.89. The van der Waals surface area contributed by atoms with Crippen LogP contribution >= 0.6 is 11.6 Å². The minimum atomic E-state index is -0.683. The number of aromatic nitrogens is 1. The summed E-state index contributed by atoms with van der Waals surface area (Å²) in [7, 11) is 1.55. The monoisotopic (exact) mass is 426 g/mol. The van der Waals surface area contributed by atoms with E-state index in [1.54, 1.807) is 56.5 Å². The van der Waals surface area contributed by atoms with Crippen molar-refractivity contribution >= 4 is 23.3 Å². The van der Waals surface area contributed by atoms with Crippen molar-refractivity contribution in [1.29, 1.82) is 0 Å². The zero-order valence-corrected chi connectivity index (χ0v) is 17.3. The first-order chi connectivity index (χ1) is 14.3. The number of ketones is 1. The summed E-state index contributed by atoms with van der Waals surface area (Å²) in [5.41, 5.74) is 7.93. The lowest BCUT2D eigenvalue weighted by atomic mass is 9.98. The number of pyridine rings is 1. The number of benzene rings is 2. The van der Waals surface area contributed by atoms with Gasteiger partial charge in [0.1, 0.15) is 16.7 Å². The molecule has 0 bridgehead atoms. The Morgan fingerprint density at radius 2 is 1.77 bits per heavy atom. The molecule has 2 N–H and O–H groups in total. The summed E-state index contributed by atoms with van der Waals surface area (Å²) in [5, 5.41) is 0.0992. The number of nitrogens with two attached hydrogens (primary N) is 1. The van der Waals surface area contributed by atoms with E-state index in [9.17, 15) is 14.0 Å². The lowest BCUT2D eigenvalue weighted by molar-refractivity contribution is 0.0998. The lowest BCUT2D eigenvalue weighted by Crippen LogP contribution is -2.13. The Morgan fingerprint density at radius 1 is 1.07 bits per heavy atom. The Balaban J connectivity index is 1.77. The van der Waals surface area contributed by atoms with Crippen molar-refractivity contribution in [3.8, 4) is 5.75 Å². The van der Waals surface area contributed by atoms with Crippen LogP contribution in [-0.4, -0.2) is 23.8 Å². The first-order valence-electron chi connectivity index (χ1n) is 9.23. The first-order valence-corrected chi connectivity index (χ1v) is 9.61. The van der Waals surface area contributed by atoms with Crippen LogP contribution < -0.4 is 10.5 Å². The van der Waals surface area contributed by atoms with Gasteiger partial charge in [0, 0.05) is 16.8 Å². The molecule has 1 amide bonds. The molecule has 1 heterocycles. The highest BCUT2D eigenvalue weighted by Gasteiger charge is 2.16. The quantitative estimate of drug-likeness (QED) is 0.451. The molecule has 0 aliphatic heterocycles. The van der Waals surface area contributed by atoms with Crippen LogP contribution in [0.25, 0.3) is 0 Å². The topological polar surface area (TPSA) is 82.3 Å². The highest BCUT2D eigenvalue weighted by atomic mass is 35.5. The van der Waals surface area contributed by atoms with Gasteiger partial charge in [0.25, 0.3) is 0 Å². The van der Waals surface area contributed by atoms with Crippen LogP contribution in [0.1, 0.15) is 43.1 Å². The number of ether oxygens (including phenoxy) is 1. The van der Waals surface area contributed by atoms with Gasteiger partial charge >= 0.3 is 0 Å². The van der Waals surface area contributed by atoms with Gasteiger partial charge in [-0.15, -0.1) is 0 Å². The maximum absolute atomic E-state index is 14.1. The second-order valence-corrected chi connectivity index (χ2v) is 7.16. The molecule has 30 heavy (non-hydrogen) atoms. The van der Waals surface area contributed by atoms with Crippen molar-refractivity contribution in [2.45, 2.75) is 19.8 Å². The predicted molar refractivity (Wildman–Crippen MR) is 113 cm³/mol. The molecule has 5 nitrogen and oxygen atoms in total. The Hall–Kier alpha value is -3.25. The van der Waals surface area contributed by atoms with Gasteiger partial charge in [-0.25, -0.2) is 9.37 Å². The maximum atomic E-state index is 14.1. The van der Waals surface area contributed by atoms with E-state index in [0.717, 1.165) is 6.07 Å². The number of aryl methyl sites for hydroxylation is 2. The van der Waals surface area contributed by atoms with Gasteiger partial charge in [0.15, 0.2) is 5.78 Å². The van der Waals surface area contributed by atoms with E-state index in [2.05, 4.69) is 4.98 Å². The van der Waals surface area contributed by atoms with Gasteiger partial charge < -0.3 is 10.5 Å². The SMILES string of the molecule is COc1ccc(C(=O)c2ccc(CCc3cc(C(N)=O)cc(F)c3C)nc2Cl)cc1. The van der Waals surface area contributed by atoms with E-state index in [1.165, 1.54) is 0 Å². The fourth-order valence-electron chi connectivity index (χ4n) is 3.08. The van der Waals surface area contributed by atoms with E-state index in [0.29, 0.717) is 46.5 Å². The summed E-state index contributed by atoms with van der Waals surface area (Å²) in [5.74, 6) is -0.752. The smallest absolute Gasteiger partial charge is 0.248 e. The molecule has 0 unspecified atom stereocenters. The second-order valence-electron chi connectivity index (χ2n) is 6.81. The summed E-state index contributed by atoms with van der Waals surface area (Å²) in [6.07, 6.45) is 0.901. The van der Waals surface area contributed by atoms with Crippen LogP contribution in [0.15, 0.2) is 48.5 Å². The van der Waals surface area contributed by atoms with Gasteiger partial charge in [-0.05, 0) is 79.4 Å². The third-order valence-corrected chi connectivity index (χ3v) is 5.18. The molecule has 0 aliphatic carbocycles. The number of methoxy groups -OCH3 is 1. The summed E-state index contributed by atoms with van der Waals surface area (Å²) in [4.78, 5) is 28.4. The highest BCUT2D eigenvalue weighted by molar-refractivity contribution is 6.33. The van der Waals surface area contributed by atoms with Crippen LogP contribution in [-0.2, 0) is 12.8 Å². The van der Waals surface area contributed by atoms with Gasteiger partial charge in [-0.2, -0.15) is 0 Å². The molecule has 1 aromatic heterocycles. The van der Waals surface area contributed by atoms with Gasteiger partial charge in [0.2, 0.25) is 5.91 Å². The zero-order chi connectivity index (χ0) is 21.8. The van der Waals surface area contributed by atoms with E-state index in [1.807, 2.05) is 0 Å². The van der Waals surface area contributed by atoms with Crippen LogP contribution in [0.5, 0.6) is 5.75 Å². The number of hydrogen-bond acceptors (Lipinski definition) is 4. The predicted octanol–water partition coefficient (Wildman–Crippen LogP) is 4.31. The van der Waals surface area contributed by atoms with E-state index >= 15 is 0 Å². The molecular formula is C23H20ClFN2O3. The highest BCUT2D eigenvalue weighted by Crippen LogP contribution is 2.22. The molecule has 2 aromatic carbocycles. The van der Waals surface area contributed by atoms with Crippen molar-refractivity contribution in [3.05, 3.63) is 93.0 Å². The minimum absolute atomic E-state index is 0.0992. The van der Waals surface area contributed by atoms with E-state index in [-0.39, 0.29) is 16.5 Å². The first kappa shape index (κ1) is 21.5. The molecule has 154 valence electrons. The lowest BCUT2D eigenvalue weighted by Gasteiger charge is -2.10. The number of carbonyl (C=O) groups excluding carboxylic acids is 2. The number of halogens is 2. The molecule has 0 saturated carbocycles. The molecule has 0 spiro atoms. The number of amides is 1. The summed E-state index contributed by atoms with van der Waals surface area (Å²) in [6, 6.07) is 12.8. The molecule has 0 atom stereocenters. The zero-order valence-electron chi connectivity index (χ0n) is 16.5. The Morgan fingerprint density at radius 3 is 2.37 bits per heavy atom. The average molecular weight is 427 g/mol. The molecule has 3 rings (SSSR count). The minimum Gasteiger partial charge on any atom is -0.497 e. The summed E-state index contributed by atoms with van der Waals surface area (Å²) < 4.78 is 19.1. The van der Waals surface area contributed by atoms with E-state index in [4.69, 9.17) is 22.1 Å². The largest absolute Gasteiger partial charge is 0.497 e. The van der Waals surface area contributed by atoms with E-state index < -0.39 is 11.7 Å². The maximum Gasteiger partial charge on any atom is 0.248 e. The van der Waals surface area contributed by atoms with Crippen molar-refractivity contribution in [2.75, 3.05) is 7.11 Å². The fraction of sp³-hybridized carbons (Fsp3) is 0.174. The fourth-order valence-corrected chi connectivity index (χ4v) is 3.34. The number of carbonyl (C=O) groups is 2. The molecule has 0 saturated heterocycles. The normalized spacial score (nSPS) is 10.7. The van der Waals surface area contributed by atoms with Crippen LogP contribution in [0.3, 0.4) is 0 Å². The summed E-state index contributed by atoms with van der Waals surface area (Å²) >= 11 is 6.26. The standard InChI is InChI=1S/C23H20ClFN2O3/c1-13-15(11-16(23(26)29)12-20(13)25)3-6-17-7-10-19(22(24)27-17)21(28)14-4-8-18(30-2)9-5-14/h4-5,7-12H,3,6H2,1-2H3,(H2,26,29). The van der Waals surface area contributed by atoms with Gasteiger partial charge in [-0.3, -0.25) is 9.59 Å². The molecule has 3 aromatic rings. The molecular weight excluding hydrogens is 407 g/mol. The van der Waals surface area contributed by atoms with Crippen LogP contribution in [0, 0.1) is 12.7 Å². The average Bonchev–Trinajstić information content (AvgIpc) is 2.74. The number of primary amides is 1. The molecule has 0 fully saturated rings. The van der Waals surface area contributed by atoms with Gasteiger partial charge in [0.05, 0.1) is 12.7 Å². The Bertz CT molecular complexity index is 1110. The second kappa shape index (κ2) is 9.05. The Labute approximate surface area is 178 Å². The molecule has 0 radical (unpaired) electrons. The van der Waals surface area contributed by atoms with Crippen LogP contribution in [0.2, 0.25) is 5.15 Å². The van der Waals surface area contributed by atoms with Crippen LogP contribution in [0.4, 0.5) is 4.39 Å². The van der Waals surface area contributed by atoms with Crippen molar-refractivity contribution in [2.24, 2.45) is 5.73 Å². The molecule has 0 aliphatic rings. The Kier molecular flexibility index (Phi) is 6.47.